The fourth-order valence-corrected chi connectivity index (χ4v) is 1.96. The zero-order valence-corrected chi connectivity index (χ0v) is 11.7. The van der Waals surface area contributed by atoms with Crippen LogP contribution in [0.15, 0.2) is 11.6 Å². The number of hydrogen-bond acceptors (Lipinski definition) is 1. The molecule has 1 unspecified atom stereocenters. The van der Waals surface area contributed by atoms with E-state index in [4.69, 9.17) is 5.11 Å². The third-order valence-electron chi connectivity index (χ3n) is 3.18. The molecule has 0 saturated carbocycles. The van der Waals surface area contributed by atoms with E-state index in [1.807, 2.05) is 0 Å². The molecule has 0 aliphatic rings. The van der Waals surface area contributed by atoms with Gasteiger partial charge in [0.15, 0.2) is 0 Å². The van der Waals surface area contributed by atoms with Crippen LogP contribution < -0.4 is 0 Å². The maximum atomic E-state index is 10.6. The van der Waals surface area contributed by atoms with Crippen molar-refractivity contribution in [1.82, 2.24) is 0 Å². The summed E-state index contributed by atoms with van der Waals surface area (Å²) in [5.74, 6) is -0.838. The number of rotatable bonds is 10. The lowest BCUT2D eigenvalue weighted by molar-refractivity contribution is -0.141. The number of carboxylic acid groups (broad SMARTS) is 1. The van der Waals surface area contributed by atoms with Gasteiger partial charge >= 0.3 is 5.97 Å². The van der Waals surface area contributed by atoms with Crippen molar-refractivity contribution < 1.29 is 9.90 Å². The number of allylic oxidation sites excluding steroid dienone is 2. The van der Waals surface area contributed by atoms with Gasteiger partial charge in [-0.25, -0.2) is 0 Å². The van der Waals surface area contributed by atoms with E-state index in [0.717, 1.165) is 19.3 Å². The number of unbranched alkanes of at least 4 members (excludes halogenated alkanes) is 4. The van der Waals surface area contributed by atoms with Crippen molar-refractivity contribution in [2.45, 2.75) is 72.1 Å². The van der Waals surface area contributed by atoms with Gasteiger partial charge in [0.2, 0.25) is 0 Å². The van der Waals surface area contributed by atoms with E-state index in [-0.39, 0.29) is 5.92 Å². The van der Waals surface area contributed by atoms with Crippen LogP contribution in [-0.4, -0.2) is 11.1 Å². The summed E-state index contributed by atoms with van der Waals surface area (Å²) >= 11 is 0. The van der Waals surface area contributed by atoms with Crippen LogP contribution in [0.1, 0.15) is 72.1 Å². The van der Waals surface area contributed by atoms with Gasteiger partial charge in [0.1, 0.15) is 0 Å². The molecule has 0 aliphatic heterocycles. The molecule has 1 N–H and O–H groups in total. The molecule has 0 radical (unpaired) electrons. The molecule has 1 atom stereocenters. The standard InChI is InChI=1S/C15H28O2/c1-4-10-13(2)11-8-6-5-7-9-12-14(3)15(16)17/h10,14H,4-9,11-12H2,1-3H3,(H,16,17)/b13-10+. The normalized spacial score (nSPS) is 13.7. The van der Waals surface area contributed by atoms with Crippen molar-refractivity contribution in [3.63, 3.8) is 0 Å². The molecule has 0 spiro atoms. The summed E-state index contributed by atoms with van der Waals surface area (Å²) in [6.07, 6.45) is 11.5. The molecule has 2 nitrogen and oxygen atoms in total. The van der Waals surface area contributed by atoms with Gasteiger partial charge < -0.3 is 5.11 Å². The molecule has 100 valence electrons. The number of hydrogen-bond donors (Lipinski definition) is 1. The Balaban J connectivity index is 3.30. The second-order valence-corrected chi connectivity index (χ2v) is 5.00. The van der Waals surface area contributed by atoms with Gasteiger partial charge in [-0.15, -0.1) is 0 Å². The molecule has 0 bridgehead atoms. The fraction of sp³-hybridized carbons (Fsp3) is 0.800. The van der Waals surface area contributed by atoms with Crippen LogP contribution in [0.4, 0.5) is 0 Å². The van der Waals surface area contributed by atoms with Gasteiger partial charge in [-0.1, -0.05) is 51.2 Å². The minimum Gasteiger partial charge on any atom is -0.481 e. The lowest BCUT2D eigenvalue weighted by atomic mass is 10.0. The summed E-state index contributed by atoms with van der Waals surface area (Å²) in [4.78, 5) is 10.6. The second-order valence-electron chi connectivity index (χ2n) is 5.00. The Morgan fingerprint density at radius 3 is 2.35 bits per heavy atom. The van der Waals surface area contributed by atoms with Crippen LogP contribution in [0, 0.1) is 5.92 Å². The van der Waals surface area contributed by atoms with Crippen molar-refractivity contribution in [3.05, 3.63) is 11.6 Å². The lowest BCUT2D eigenvalue weighted by Crippen LogP contribution is -2.08. The quantitative estimate of drug-likeness (QED) is 0.440. The first kappa shape index (κ1) is 16.2. The summed E-state index contributed by atoms with van der Waals surface area (Å²) in [6.45, 7) is 6.17. The minimum absolute atomic E-state index is 0.176. The Morgan fingerprint density at radius 1 is 1.18 bits per heavy atom. The van der Waals surface area contributed by atoms with Crippen LogP contribution in [-0.2, 0) is 4.79 Å². The highest BCUT2D eigenvalue weighted by Crippen LogP contribution is 2.14. The summed E-state index contributed by atoms with van der Waals surface area (Å²) < 4.78 is 0. The van der Waals surface area contributed by atoms with E-state index in [9.17, 15) is 4.79 Å². The van der Waals surface area contributed by atoms with Crippen molar-refractivity contribution in [1.29, 1.82) is 0 Å². The van der Waals surface area contributed by atoms with Gasteiger partial charge in [-0.2, -0.15) is 0 Å². The average molecular weight is 240 g/mol. The second kappa shape index (κ2) is 10.4. The van der Waals surface area contributed by atoms with Crippen LogP contribution in [0.3, 0.4) is 0 Å². The molecule has 0 aromatic heterocycles. The highest BCUT2D eigenvalue weighted by molar-refractivity contribution is 5.69. The molecule has 0 amide bonds. The Morgan fingerprint density at radius 2 is 1.76 bits per heavy atom. The van der Waals surface area contributed by atoms with Gasteiger partial charge in [-0.3, -0.25) is 4.79 Å². The van der Waals surface area contributed by atoms with Crippen LogP contribution in [0.2, 0.25) is 0 Å². The Labute approximate surface area is 106 Å². The summed E-state index contributed by atoms with van der Waals surface area (Å²) in [5, 5.41) is 8.73. The zero-order chi connectivity index (χ0) is 13.1. The molecule has 0 rings (SSSR count). The zero-order valence-electron chi connectivity index (χ0n) is 11.7. The first-order chi connectivity index (χ1) is 8.07. The Bertz CT molecular complexity index is 231. The SMILES string of the molecule is CC/C=C(\C)CCCCCCCC(C)C(=O)O. The average Bonchev–Trinajstić information content (AvgIpc) is 2.27. The van der Waals surface area contributed by atoms with E-state index < -0.39 is 5.97 Å². The van der Waals surface area contributed by atoms with E-state index in [1.165, 1.54) is 37.7 Å². The maximum absolute atomic E-state index is 10.6. The molecule has 17 heavy (non-hydrogen) atoms. The predicted octanol–water partition coefficient (Wildman–Crippen LogP) is 4.79. The third-order valence-corrected chi connectivity index (χ3v) is 3.18. The van der Waals surface area contributed by atoms with E-state index in [0.29, 0.717) is 0 Å². The van der Waals surface area contributed by atoms with Crippen LogP contribution in [0.25, 0.3) is 0 Å². The molecule has 0 fully saturated rings. The van der Waals surface area contributed by atoms with Crippen molar-refractivity contribution in [2.24, 2.45) is 5.92 Å². The monoisotopic (exact) mass is 240 g/mol. The molecule has 2 heteroatoms. The summed E-state index contributed by atoms with van der Waals surface area (Å²) in [7, 11) is 0. The number of aliphatic carboxylic acids is 1. The topological polar surface area (TPSA) is 37.3 Å². The summed E-state index contributed by atoms with van der Waals surface area (Å²) in [6, 6.07) is 0. The number of carbonyl (C=O) groups is 1. The van der Waals surface area contributed by atoms with Gasteiger partial charge in [-0.05, 0) is 32.6 Å². The van der Waals surface area contributed by atoms with Crippen LogP contribution in [0.5, 0.6) is 0 Å². The third kappa shape index (κ3) is 10.1. The van der Waals surface area contributed by atoms with E-state index >= 15 is 0 Å². The van der Waals surface area contributed by atoms with Crippen LogP contribution >= 0.6 is 0 Å². The Kier molecular flexibility index (Phi) is 9.89. The van der Waals surface area contributed by atoms with Gasteiger partial charge in [0, 0.05) is 0 Å². The van der Waals surface area contributed by atoms with Crippen molar-refractivity contribution in [2.75, 3.05) is 0 Å². The largest absolute Gasteiger partial charge is 0.481 e. The first-order valence-corrected chi connectivity index (χ1v) is 6.96. The van der Waals surface area contributed by atoms with Gasteiger partial charge in [0.25, 0.3) is 0 Å². The molecular formula is C15H28O2. The van der Waals surface area contributed by atoms with E-state index in [2.05, 4.69) is 19.9 Å². The van der Waals surface area contributed by atoms with E-state index in [1.54, 1.807) is 6.92 Å². The molecule has 0 aliphatic carbocycles. The molecular weight excluding hydrogens is 212 g/mol. The minimum atomic E-state index is -0.662. The smallest absolute Gasteiger partial charge is 0.306 e. The highest BCUT2D eigenvalue weighted by Gasteiger charge is 2.09. The Hall–Kier alpha value is -0.790. The lowest BCUT2D eigenvalue weighted by Gasteiger charge is -2.05. The summed E-state index contributed by atoms with van der Waals surface area (Å²) in [5.41, 5.74) is 1.51. The maximum Gasteiger partial charge on any atom is 0.306 e. The number of carboxylic acids is 1. The van der Waals surface area contributed by atoms with Crippen molar-refractivity contribution in [3.8, 4) is 0 Å². The molecule has 0 saturated heterocycles. The first-order valence-electron chi connectivity index (χ1n) is 6.96. The van der Waals surface area contributed by atoms with Gasteiger partial charge in [0.05, 0.1) is 5.92 Å². The molecule has 0 heterocycles. The van der Waals surface area contributed by atoms with Crippen molar-refractivity contribution >= 4 is 5.97 Å². The highest BCUT2D eigenvalue weighted by atomic mass is 16.4. The molecule has 0 aromatic rings. The predicted molar refractivity (Wildman–Crippen MR) is 73.2 cm³/mol. The molecule has 0 aromatic carbocycles. The fourth-order valence-electron chi connectivity index (χ4n) is 1.96.